The molecule has 0 spiro atoms. The minimum Gasteiger partial charge on any atom is -0.455 e. The molecule has 484 valence electrons. The van der Waals surface area contributed by atoms with Crippen LogP contribution >= 0.6 is 0 Å². The minimum absolute atomic E-state index is 0.932. The fraction of sp³-hybridized carbons (Fsp3) is 0.128. The fourth-order valence-corrected chi connectivity index (χ4v) is 14.4. The third-order valence-corrected chi connectivity index (χ3v) is 19.8. The Morgan fingerprint density at radius 1 is 0.192 bits per heavy atom. The van der Waals surface area contributed by atoms with Gasteiger partial charge in [-0.25, -0.2) is 0 Å². The van der Waals surface area contributed by atoms with E-state index in [0.717, 1.165) is 33.2 Å². The summed E-state index contributed by atoms with van der Waals surface area (Å²) in [5.41, 5.74) is 32.2. The molecule has 99 heavy (non-hydrogen) atoms. The summed E-state index contributed by atoms with van der Waals surface area (Å²) in [4.78, 5) is 0. The number of hydrogen-bond donors (Lipinski definition) is 0. The van der Waals surface area contributed by atoms with Crippen LogP contribution in [0.15, 0.2) is 308 Å². The lowest BCUT2D eigenvalue weighted by molar-refractivity contribution is -0.649. The van der Waals surface area contributed by atoms with E-state index in [-0.39, 0.29) is 0 Å². The number of nitrogens with zero attached hydrogens (tertiary/aromatic N) is 4. The standard InChI is InChI=1S/C26H22NO.2C24H22N.C20H20N/c1-17-9-4-5-10-19(17)22-12-8-13-23(27(22)3)25-18(2)15-16-21-20-11-6-7-14-24(20)28-26(21)25;2*1-17-9-4-6-11-20(17)22-13-8-14-23(25(22)3)24-18(2)15-16-19-10-5-7-12-21(19)24;1-15-9-4-6-11-17(15)19-13-8-14-20(21(19)3)18-12-7-5-10-16(18)2/h4-16H,1-3H3;2*4-16H,1-3H3;4-14H,1-3H3/q4*+1. The van der Waals surface area contributed by atoms with E-state index in [9.17, 15) is 0 Å². The van der Waals surface area contributed by atoms with E-state index in [1.807, 2.05) is 12.1 Å². The SMILES string of the molecule is Cc1ccccc1-c1cccc(-c2c(C)ccc3c2oc2ccccc23)[n+]1C.Cc1ccccc1-c1cccc(-c2c(C)ccc3ccccc23)[n+]1C.Cc1ccccc1-c1cccc(-c2c(C)ccc3ccccc23)[n+]1C.Cc1ccccc1-c1cccc(-c2ccccc2C)[n+]1C. The minimum atomic E-state index is 0.932. The van der Waals surface area contributed by atoms with E-state index in [1.54, 1.807) is 0 Å². The first-order chi connectivity index (χ1) is 48.2. The molecule has 0 bridgehead atoms. The average Bonchev–Trinajstić information content (AvgIpc) is 1.73. The Hall–Kier alpha value is -11.7. The second-order valence-corrected chi connectivity index (χ2v) is 26.2. The van der Waals surface area contributed by atoms with Crippen molar-refractivity contribution in [3.63, 3.8) is 0 Å². The van der Waals surface area contributed by atoms with Crippen molar-refractivity contribution < 1.29 is 22.7 Å². The summed E-state index contributed by atoms with van der Waals surface area (Å²) in [6.07, 6.45) is 0. The predicted molar refractivity (Wildman–Crippen MR) is 414 cm³/mol. The summed E-state index contributed by atoms with van der Waals surface area (Å²) in [6, 6.07) is 108. The van der Waals surface area contributed by atoms with Gasteiger partial charge in [0.15, 0.2) is 0 Å². The lowest BCUT2D eigenvalue weighted by Gasteiger charge is -2.11. The van der Waals surface area contributed by atoms with E-state index in [0.29, 0.717) is 0 Å². The van der Waals surface area contributed by atoms with Crippen molar-refractivity contribution in [2.45, 2.75) is 55.4 Å². The quantitative estimate of drug-likeness (QED) is 0.139. The van der Waals surface area contributed by atoms with Gasteiger partial charge in [0.2, 0.25) is 45.6 Å². The van der Waals surface area contributed by atoms with E-state index < -0.39 is 0 Å². The van der Waals surface area contributed by atoms with Crippen LogP contribution in [0.5, 0.6) is 0 Å². The molecule has 0 saturated heterocycles. The van der Waals surface area contributed by atoms with Crippen molar-refractivity contribution in [2.24, 2.45) is 28.2 Å². The molecule has 5 heterocycles. The van der Waals surface area contributed by atoms with Crippen molar-refractivity contribution in [3.05, 3.63) is 348 Å². The highest BCUT2D eigenvalue weighted by Gasteiger charge is 2.26. The first-order valence-electron chi connectivity index (χ1n) is 34.3. The summed E-state index contributed by atoms with van der Waals surface area (Å²) in [7, 11) is 8.61. The van der Waals surface area contributed by atoms with Gasteiger partial charge in [-0.3, -0.25) is 0 Å². The van der Waals surface area contributed by atoms with Crippen molar-refractivity contribution in [1.82, 2.24) is 0 Å². The molecule has 0 aliphatic carbocycles. The van der Waals surface area contributed by atoms with Crippen LogP contribution in [0.25, 0.3) is 134 Å². The van der Waals surface area contributed by atoms with E-state index in [2.05, 4.69) is 393 Å². The maximum absolute atomic E-state index is 6.33. The molecule has 0 unspecified atom stereocenters. The monoisotopic (exact) mass is 1290 g/mol. The second kappa shape index (κ2) is 29.0. The molecular weight excluding hydrogens is 1200 g/mol. The topological polar surface area (TPSA) is 28.7 Å². The smallest absolute Gasteiger partial charge is 0.216 e. The summed E-state index contributed by atoms with van der Waals surface area (Å²) in [5.74, 6) is 0. The van der Waals surface area contributed by atoms with Gasteiger partial charge in [-0.15, -0.1) is 0 Å². The van der Waals surface area contributed by atoms with Crippen LogP contribution in [0.2, 0.25) is 0 Å². The number of fused-ring (bicyclic) bond motifs is 5. The zero-order valence-corrected chi connectivity index (χ0v) is 59.1. The van der Waals surface area contributed by atoms with Crippen molar-refractivity contribution in [2.75, 3.05) is 0 Å². The zero-order chi connectivity index (χ0) is 68.8. The molecule has 5 heteroatoms. The number of aryl methyl sites for hydroxylation is 8. The number of rotatable bonds is 8. The fourth-order valence-electron chi connectivity index (χ4n) is 14.4. The molecule has 0 fully saturated rings. The summed E-state index contributed by atoms with van der Waals surface area (Å²) in [6.45, 7) is 17.4. The molecule has 5 nitrogen and oxygen atoms in total. The van der Waals surface area contributed by atoms with Gasteiger partial charge in [-0.2, -0.15) is 18.3 Å². The highest BCUT2D eigenvalue weighted by atomic mass is 16.3. The summed E-state index contributed by atoms with van der Waals surface area (Å²) >= 11 is 0. The third kappa shape index (κ3) is 13.2. The van der Waals surface area contributed by atoms with Gasteiger partial charge >= 0.3 is 0 Å². The maximum atomic E-state index is 6.33. The largest absolute Gasteiger partial charge is 0.455 e. The van der Waals surface area contributed by atoms with Crippen molar-refractivity contribution in [1.29, 1.82) is 0 Å². The molecule has 16 aromatic rings. The summed E-state index contributed by atoms with van der Waals surface area (Å²) < 4.78 is 15.5. The Morgan fingerprint density at radius 2 is 0.455 bits per heavy atom. The first-order valence-corrected chi connectivity index (χ1v) is 34.3. The Morgan fingerprint density at radius 3 is 0.808 bits per heavy atom. The number of pyridine rings is 4. The number of aromatic nitrogens is 4. The van der Waals surface area contributed by atoms with Gasteiger partial charge in [0.25, 0.3) is 0 Å². The number of hydrogen-bond acceptors (Lipinski definition) is 1. The Kier molecular flexibility index (Phi) is 19.3. The molecule has 5 aromatic heterocycles. The number of para-hydroxylation sites is 1. The zero-order valence-electron chi connectivity index (χ0n) is 59.1. The van der Waals surface area contributed by atoms with Gasteiger partial charge in [-0.05, 0) is 182 Å². The second-order valence-electron chi connectivity index (χ2n) is 26.2. The van der Waals surface area contributed by atoms with E-state index >= 15 is 0 Å². The van der Waals surface area contributed by atoms with E-state index in [1.165, 1.54) is 145 Å². The molecule has 0 radical (unpaired) electrons. The molecule has 0 saturated carbocycles. The molecule has 11 aromatic carbocycles. The van der Waals surface area contributed by atoms with Crippen molar-refractivity contribution in [3.8, 4) is 90.1 Å². The van der Waals surface area contributed by atoms with Crippen LogP contribution in [-0.2, 0) is 28.2 Å². The highest BCUT2D eigenvalue weighted by molar-refractivity contribution is 6.10. The molecule has 0 amide bonds. The summed E-state index contributed by atoms with van der Waals surface area (Å²) in [5, 5.41) is 7.50. The van der Waals surface area contributed by atoms with Gasteiger partial charge in [0.1, 0.15) is 39.4 Å². The Bertz CT molecular complexity index is 5430. The highest BCUT2D eigenvalue weighted by Crippen LogP contribution is 2.39. The van der Waals surface area contributed by atoms with Gasteiger partial charge < -0.3 is 4.42 Å². The van der Waals surface area contributed by atoms with Gasteiger partial charge in [0.05, 0.1) is 16.7 Å². The normalized spacial score (nSPS) is 11.0. The Labute approximate surface area is 584 Å². The molecular formula is C94H86N4O+4. The maximum Gasteiger partial charge on any atom is 0.216 e. The molecule has 16 rings (SSSR count). The average molecular weight is 1290 g/mol. The lowest BCUT2D eigenvalue weighted by atomic mass is 9.96. The van der Waals surface area contributed by atoms with Crippen LogP contribution in [0.1, 0.15) is 44.5 Å². The lowest BCUT2D eigenvalue weighted by Crippen LogP contribution is -2.34. The van der Waals surface area contributed by atoms with Gasteiger partial charge in [0, 0.05) is 87.1 Å². The van der Waals surface area contributed by atoms with Gasteiger partial charge in [-0.1, -0.05) is 194 Å². The van der Waals surface area contributed by atoms with Crippen LogP contribution in [0, 0.1) is 55.4 Å². The molecule has 0 atom stereocenters. The van der Waals surface area contributed by atoms with Crippen LogP contribution in [-0.4, -0.2) is 0 Å². The van der Waals surface area contributed by atoms with Crippen LogP contribution in [0.3, 0.4) is 0 Å². The van der Waals surface area contributed by atoms with Crippen LogP contribution < -0.4 is 18.3 Å². The van der Waals surface area contributed by atoms with Crippen molar-refractivity contribution >= 4 is 43.5 Å². The predicted octanol–water partition coefficient (Wildman–Crippen LogP) is 22.1. The molecule has 0 aliphatic heterocycles. The third-order valence-electron chi connectivity index (χ3n) is 19.8. The van der Waals surface area contributed by atoms with Crippen LogP contribution in [0.4, 0.5) is 0 Å². The number of benzene rings is 11. The molecule has 0 N–H and O–H groups in total. The van der Waals surface area contributed by atoms with E-state index in [4.69, 9.17) is 4.42 Å². The Balaban J connectivity index is 0.000000119. The number of furan rings is 1. The molecule has 0 aliphatic rings. The first kappa shape index (κ1) is 66.0.